The fraction of sp³-hybridized carbons (Fsp3) is 0.125. The molecule has 0 spiro atoms. The van der Waals surface area contributed by atoms with Gasteiger partial charge < -0.3 is 9.64 Å². The maximum Gasteiger partial charge on any atom is 0.417 e. The lowest BCUT2D eigenvalue weighted by atomic mass is 10.2. The average molecular weight is 452 g/mol. The molecule has 0 bridgehead atoms. The van der Waals surface area contributed by atoms with Gasteiger partial charge >= 0.3 is 6.18 Å². The summed E-state index contributed by atoms with van der Waals surface area (Å²) in [6.07, 6.45) is -0.167. The molecule has 0 aliphatic carbocycles. The molecule has 6 nitrogen and oxygen atoms in total. The lowest BCUT2D eigenvalue weighted by Crippen LogP contribution is -2.25. The lowest BCUT2D eigenvalue weighted by Gasteiger charge is -2.16. The molecule has 0 unspecified atom stereocenters. The van der Waals surface area contributed by atoms with Crippen molar-refractivity contribution in [3.8, 4) is 17.3 Å². The number of alkyl halides is 3. The topological polar surface area (TPSA) is 60.2 Å². The summed E-state index contributed by atoms with van der Waals surface area (Å²) >= 11 is 0. The molecule has 2 aromatic carbocycles. The van der Waals surface area contributed by atoms with Crippen molar-refractivity contribution in [2.45, 2.75) is 12.7 Å². The normalized spacial score (nSPS) is 11.3. The number of halogens is 3. The van der Waals surface area contributed by atoms with E-state index in [4.69, 9.17) is 4.74 Å². The van der Waals surface area contributed by atoms with Crippen LogP contribution in [0.4, 0.5) is 13.2 Å². The van der Waals surface area contributed by atoms with Crippen molar-refractivity contribution in [3.63, 3.8) is 0 Å². The quantitative estimate of drug-likeness (QED) is 0.396. The Labute approximate surface area is 187 Å². The number of carbonyl (C=O) groups is 1. The summed E-state index contributed by atoms with van der Waals surface area (Å²) in [4.78, 5) is 18.0. The van der Waals surface area contributed by atoms with Gasteiger partial charge in [0.25, 0.3) is 5.91 Å². The van der Waals surface area contributed by atoms with Crippen LogP contribution in [0.15, 0.2) is 85.3 Å². The Balaban J connectivity index is 1.37. The Bertz CT molecular complexity index is 1220. The number of para-hydroxylation sites is 1. The molecule has 9 heteroatoms. The van der Waals surface area contributed by atoms with E-state index >= 15 is 0 Å². The summed E-state index contributed by atoms with van der Waals surface area (Å²) in [5, 5.41) is 4.34. The van der Waals surface area contributed by atoms with Gasteiger partial charge in [-0.2, -0.15) is 18.3 Å². The second-order valence-electron chi connectivity index (χ2n) is 7.30. The van der Waals surface area contributed by atoms with Crippen LogP contribution in [0.3, 0.4) is 0 Å². The van der Waals surface area contributed by atoms with Gasteiger partial charge in [0.15, 0.2) is 0 Å². The molecule has 0 saturated heterocycles. The number of amides is 1. The summed E-state index contributed by atoms with van der Waals surface area (Å²) < 4.78 is 45.1. The Kier molecular flexibility index (Phi) is 6.12. The summed E-state index contributed by atoms with van der Waals surface area (Å²) in [5.74, 6) is 0.182. The van der Waals surface area contributed by atoms with Crippen molar-refractivity contribution in [1.29, 1.82) is 0 Å². The third-order valence-electron chi connectivity index (χ3n) is 4.81. The maximum atomic E-state index is 12.8. The number of rotatable bonds is 6. The Hall–Kier alpha value is -4.14. The molecule has 2 heterocycles. The fourth-order valence-corrected chi connectivity index (χ4v) is 3.12. The third-order valence-corrected chi connectivity index (χ3v) is 4.81. The minimum atomic E-state index is -4.46. The van der Waals surface area contributed by atoms with Crippen molar-refractivity contribution in [3.05, 3.63) is 102 Å². The first kappa shape index (κ1) is 22.1. The van der Waals surface area contributed by atoms with E-state index < -0.39 is 11.7 Å². The van der Waals surface area contributed by atoms with Crippen LogP contribution >= 0.6 is 0 Å². The highest BCUT2D eigenvalue weighted by atomic mass is 19.4. The van der Waals surface area contributed by atoms with Crippen LogP contribution in [0.2, 0.25) is 0 Å². The van der Waals surface area contributed by atoms with Crippen molar-refractivity contribution < 1.29 is 22.7 Å². The molecular weight excluding hydrogens is 433 g/mol. The first-order valence-corrected chi connectivity index (χ1v) is 9.95. The lowest BCUT2D eigenvalue weighted by molar-refractivity contribution is -0.137. The summed E-state index contributed by atoms with van der Waals surface area (Å²) in [6, 6.07) is 18.0. The standard InChI is InChI=1S/C24H19F3N4O2/c1-30(15-17-13-29-31(16-17)20-5-3-2-4-6-20)23(32)18-7-10-21(11-8-18)33-22-12-9-19(14-28-22)24(25,26)27/h2-14,16H,15H2,1H3. The van der Waals surface area contributed by atoms with E-state index in [1.54, 1.807) is 47.1 Å². The Morgan fingerprint density at radius 3 is 2.36 bits per heavy atom. The molecule has 0 N–H and O–H groups in total. The molecule has 2 aromatic heterocycles. The zero-order valence-electron chi connectivity index (χ0n) is 17.5. The first-order valence-electron chi connectivity index (χ1n) is 9.95. The van der Waals surface area contributed by atoms with Crippen molar-refractivity contribution in [2.75, 3.05) is 7.05 Å². The van der Waals surface area contributed by atoms with E-state index in [0.29, 0.717) is 24.1 Å². The number of hydrogen-bond donors (Lipinski definition) is 0. The van der Waals surface area contributed by atoms with Gasteiger partial charge in [-0.25, -0.2) is 9.67 Å². The number of aromatic nitrogens is 3. The van der Waals surface area contributed by atoms with Gasteiger partial charge in [-0.15, -0.1) is 0 Å². The molecule has 168 valence electrons. The molecule has 4 rings (SSSR count). The van der Waals surface area contributed by atoms with Gasteiger partial charge in [-0.3, -0.25) is 4.79 Å². The highest BCUT2D eigenvalue weighted by molar-refractivity contribution is 5.94. The van der Waals surface area contributed by atoms with Crippen LogP contribution in [0.25, 0.3) is 5.69 Å². The Morgan fingerprint density at radius 1 is 1.00 bits per heavy atom. The van der Waals surface area contributed by atoms with Gasteiger partial charge in [-0.05, 0) is 42.5 Å². The van der Waals surface area contributed by atoms with Crippen LogP contribution in [0, 0.1) is 0 Å². The number of carbonyl (C=O) groups excluding carboxylic acids is 1. The van der Waals surface area contributed by atoms with Crippen molar-refractivity contribution in [1.82, 2.24) is 19.7 Å². The van der Waals surface area contributed by atoms with Crippen LogP contribution in [0.5, 0.6) is 11.6 Å². The molecule has 33 heavy (non-hydrogen) atoms. The second kappa shape index (κ2) is 9.15. The summed E-state index contributed by atoms with van der Waals surface area (Å²) in [6.45, 7) is 0.374. The average Bonchev–Trinajstić information content (AvgIpc) is 3.28. The fourth-order valence-electron chi connectivity index (χ4n) is 3.12. The van der Waals surface area contributed by atoms with Crippen LogP contribution in [0.1, 0.15) is 21.5 Å². The first-order chi connectivity index (χ1) is 15.8. The Morgan fingerprint density at radius 2 is 1.73 bits per heavy atom. The van der Waals surface area contributed by atoms with Gasteiger partial charge in [0.2, 0.25) is 5.88 Å². The van der Waals surface area contributed by atoms with E-state index in [2.05, 4.69) is 10.1 Å². The van der Waals surface area contributed by atoms with Crippen molar-refractivity contribution >= 4 is 5.91 Å². The van der Waals surface area contributed by atoms with Crippen molar-refractivity contribution in [2.24, 2.45) is 0 Å². The molecule has 0 aliphatic rings. The minimum Gasteiger partial charge on any atom is -0.439 e. The molecule has 4 aromatic rings. The van der Waals surface area contributed by atoms with Crippen LogP contribution < -0.4 is 4.74 Å². The number of pyridine rings is 1. The molecule has 0 atom stereocenters. The number of ether oxygens (including phenoxy) is 1. The van der Waals surface area contributed by atoms with E-state index in [1.165, 1.54) is 0 Å². The maximum absolute atomic E-state index is 12.8. The van der Waals surface area contributed by atoms with Gasteiger partial charge in [0.05, 0.1) is 17.4 Å². The number of hydrogen-bond acceptors (Lipinski definition) is 4. The van der Waals surface area contributed by atoms with E-state index in [-0.39, 0.29) is 11.8 Å². The monoisotopic (exact) mass is 452 g/mol. The molecule has 0 radical (unpaired) electrons. The SMILES string of the molecule is CN(Cc1cnn(-c2ccccc2)c1)C(=O)c1ccc(Oc2ccc(C(F)(F)F)cn2)cc1. The molecule has 1 amide bonds. The van der Waals surface area contributed by atoms with E-state index in [9.17, 15) is 18.0 Å². The molecule has 0 fully saturated rings. The predicted octanol–water partition coefficient (Wildman–Crippen LogP) is 5.35. The predicted molar refractivity (Wildman–Crippen MR) is 115 cm³/mol. The van der Waals surface area contributed by atoms with E-state index in [0.717, 1.165) is 23.4 Å². The summed E-state index contributed by atoms with van der Waals surface area (Å²) in [7, 11) is 1.69. The molecular formula is C24H19F3N4O2. The molecule has 0 aliphatic heterocycles. The van der Waals surface area contributed by atoms with Gasteiger partial charge in [-0.1, -0.05) is 18.2 Å². The van der Waals surface area contributed by atoms with Gasteiger partial charge in [0, 0.05) is 43.2 Å². The zero-order valence-corrected chi connectivity index (χ0v) is 17.5. The second-order valence-corrected chi connectivity index (χ2v) is 7.30. The minimum absolute atomic E-state index is 0.0228. The highest BCUT2D eigenvalue weighted by Gasteiger charge is 2.30. The molecule has 0 saturated carbocycles. The van der Waals surface area contributed by atoms with Crippen LogP contribution in [-0.4, -0.2) is 32.6 Å². The smallest absolute Gasteiger partial charge is 0.417 e. The number of nitrogens with zero attached hydrogens (tertiary/aromatic N) is 4. The zero-order chi connectivity index (χ0) is 23.4. The summed E-state index contributed by atoms with van der Waals surface area (Å²) in [5.41, 5.74) is 1.40. The van der Waals surface area contributed by atoms with E-state index in [1.807, 2.05) is 36.5 Å². The van der Waals surface area contributed by atoms with Crippen LogP contribution in [-0.2, 0) is 12.7 Å². The number of benzene rings is 2. The largest absolute Gasteiger partial charge is 0.439 e. The highest BCUT2D eigenvalue weighted by Crippen LogP contribution is 2.30. The van der Waals surface area contributed by atoms with Gasteiger partial charge in [0.1, 0.15) is 5.75 Å². The third kappa shape index (κ3) is 5.38.